The standard InChI is InChI=1S/C11H16F3N3O2/c12-11(13,14)7-18-6-8-16-9(19-17-8)10(15)4-2-1-3-5-10/h1-7,15H2. The zero-order valence-electron chi connectivity index (χ0n) is 10.4. The van der Waals surface area contributed by atoms with Crippen molar-refractivity contribution in [1.29, 1.82) is 0 Å². The molecule has 1 heterocycles. The minimum Gasteiger partial charge on any atom is -0.364 e. The van der Waals surface area contributed by atoms with E-state index in [1.165, 1.54) is 0 Å². The largest absolute Gasteiger partial charge is 0.411 e. The monoisotopic (exact) mass is 279 g/mol. The summed E-state index contributed by atoms with van der Waals surface area (Å²) in [6, 6.07) is 0. The smallest absolute Gasteiger partial charge is 0.364 e. The number of alkyl halides is 3. The second-order valence-electron chi connectivity index (χ2n) is 4.84. The topological polar surface area (TPSA) is 74.2 Å². The molecule has 0 radical (unpaired) electrons. The van der Waals surface area contributed by atoms with Gasteiger partial charge in [-0.3, -0.25) is 0 Å². The molecule has 1 aliphatic carbocycles. The fourth-order valence-corrected chi connectivity index (χ4v) is 2.17. The van der Waals surface area contributed by atoms with Crippen LogP contribution in [0.3, 0.4) is 0 Å². The minimum absolute atomic E-state index is 0.0923. The number of aromatic nitrogens is 2. The Hall–Kier alpha value is -1.15. The first-order valence-electron chi connectivity index (χ1n) is 6.15. The first-order valence-corrected chi connectivity index (χ1v) is 6.15. The highest BCUT2D eigenvalue weighted by Gasteiger charge is 2.35. The molecule has 0 saturated heterocycles. The molecular weight excluding hydrogens is 263 g/mol. The van der Waals surface area contributed by atoms with Crippen molar-refractivity contribution in [3.63, 3.8) is 0 Å². The third kappa shape index (κ3) is 3.90. The quantitative estimate of drug-likeness (QED) is 0.915. The molecule has 0 spiro atoms. The SMILES string of the molecule is NC1(c2nc(COCC(F)(F)F)no2)CCCCC1. The number of hydrogen-bond acceptors (Lipinski definition) is 5. The molecule has 8 heteroatoms. The van der Waals surface area contributed by atoms with E-state index in [9.17, 15) is 13.2 Å². The van der Waals surface area contributed by atoms with Gasteiger partial charge in [-0.05, 0) is 12.8 Å². The van der Waals surface area contributed by atoms with Gasteiger partial charge in [0.15, 0.2) is 5.82 Å². The Morgan fingerprint density at radius 3 is 2.58 bits per heavy atom. The van der Waals surface area contributed by atoms with E-state index < -0.39 is 18.3 Å². The first-order chi connectivity index (χ1) is 8.89. The molecule has 2 rings (SSSR count). The van der Waals surface area contributed by atoms with E-state index in [1.54, 1.807) is 0 Å². The Kier molecular flexibility index (Phi) is 4.10. The van der Waals surface area contributed by atoms with Gasteiger partial charge in [0.05, 0.1) is 5.54 Å². The van der Waals surface area contributed by atoms with Crippen molar-refractivity contribution in [2.24, 2.45) is 5.73 Å². The van der Waals surface area contributed by atoms with E-state index in [1.807, 2.05) is 0 Å². The zero-order chi connectivity index (χ0) is 13.9. The van der Waals surface area contributed by atoms with Crippen molar-refractivity contribution < 1.29 is 22.4 Å². The maximum atomic E-state index is 11.9. The van der Waals surface area contributed by atoms with Crippen molar-refractivity contribution in [2.75, 3.05) is 6.61 Å². The number of hydrogen-bond donors (Lipinski definition) is 1. The Morgan fingerprint density at radius 2 is 1.95 bits per heavy atom. The van der Waals surface area contributed by atoms with Crippen molar-refractivity contribution in [3.8, 4) is 0 Å². The average Bonchev–Trinajstić information content (AvgIpc) is 2.78. The van der Waals surface area contributed by atoms with Gasteiger partial charge in [0.1, 0.15) is 13.2 Å². The Bertz CT molecular complexity index is 414. The van der Waals surface area contributed by atoms with Crippen LogP contribution in [0.2, 0.25) is 0 Å². The number of rotatable bonds is 4. The summed E-state index contributed by atoms with van der Waals surface area (Å²) in [5, 5.41) is 3.60. The van der Waals surface area contributed by atoms with Crippen molar-refractivity contribution in [3.05, 3.63) is 11.7 Å². The van der Waals surface area contributed by atoms with Crippen LogP contribution in [0.4, 0.5) is 13.2 Å². The third-order valence-electron chi connectivity index (χ3n) is 3.14. The number of ether oxygens (including phenoxy) is 1. The summed E-state index contributed by atoms with van der Waals surface area (Å²) in [6.45, 7) is -1.66. The average molecular weight is 279 g/mol. The van der Waals surface area contributed by atoms with Gasteiger partial charge in [-0.2, -0.15) is 18.2 Å². The molecule has 1 aromatic heterocycles. The molecule has 0 unspecified atom stereocenters. The second kappa shape index (κ2) is 5.46. The van der Waals surface area contributed by atoms with Crippen LogP contribution >= 0.6 is 0 Å². The van der Waals surface area contributed by atoms with Crippen LogP contribution in [-0.2, 0) is 16.9 Å². The van der Waals surface area contributed by atoms with Crippen molar-refractivity contribution >= 4 is 0 Å². The van der Waals surface area contributed by atoms with E-state index >= 15 is 0 Å². The van der Waals surface area contributed by atoms with Crippen LogP contribution in [-0.4, -0.2) is 22.9 Å². The van der Waals surface area contributed by atoms with Crippen LogP contribution in [0.1, 0.15) is 43.8 Å². The molecule has 0 atom stereocenters. The summed E-state index contributed by atoms with van der Waals surface area (Å²) in [6.07, 6.45) is 0.229. The molecule has 0 aromatic carbocycles. The Labute approximate surface area is 108 Å². The normalized spacial score (nSPS) is 19.6. The second-order valence-corrected chi connectivity index (χ2v) is 4.84. The lowest BCUT2D eigenvalue weighted by Crippen LogP contribution is -2.39. The molecule has 19 heavy (non-hydrogen) atoms. The van der Waals surface area contributed by atoms with Crippen LogP contribution in [0.15, 0.2) is 4.52 Å². The van der Waals surface area contributed by atoms with Crippen molar-refractivity contribution in [1.82, 2.24) is 10.1 Å². The van der Waals surface area contributed by atoms with Crippen molar-refractivity contribution in [2.45, 2.75) is 50.4 Å². The lowest BCUT2D eigenvalue weighted by atomic mass is 9.82. The summed E-state index contributed by atoms with van der Waals surface area (Å²) in [5.74, 6) is 0.382. The molecule has 2 N–H and O–H groups in total. The first kappa shape index (κ1) is 14.3. The molecule has 0 amide bonds. The van der Waals surface area contributed by atoms with Gasteiger partial charge in [0.2, 0.25) is 5.89 Å². The Morgan fingerprint density at radius 1 is 1.26 bits per heavy atom. The summed E-state index contributed by atoms with van der Waals surface area (Å²) in [5.41, 5.74) is 5.53. The maximum absolute atomic E-state index is 11.9. The lowest BCUT2D eigenvalue weighted by molar-refractivity contribution is -0.177. The van der Waals surface area contributed by atoms with Gasteiger partial charge in [-0.1, -0.05) is 24.4 Å². The van der Waals surface area contributed by atoms with Crippen LogP contribution < -0.4 is 5.73 Å². The number of nitrogens with two attached hydrogens (primary N) is 1. The zero-order valence-corrected chi connectivity index (χ0v) is 10.4. The molecule has 1 saturated carbocycles. The highest BCUT2D eigenvalue weighted by Crippen LogP contribution is 2.33. The molecule has 1 fully saturated rings. The molecule has 108 valence electrons. The fourth-order valence-electron chi connectivity index (χ4n) is 2.17. The van der Waals surface area contributed by atoms with E-state index in [2.05, 4.69) is 14.9 Å². The summed E-state index contributed by atoms with van der Waals surface area (Å²) in [4.78, 5) is 4.03. The van der Waals surface area contributed by atoms with E-state index in [0.717, 1.165) is 32.1 Å². The summed E-state index contributed by atoms with van der Waals surface area (Å²) >= 11 is 0. The molecule has 1 aromatic rings. The van der Waals surface area contributed by atoms with E-state index in [-0.39, 0.29) is 18.3 Å². The van der Waals surface area contributed by atoms with Crippen LogP contribution in [0.25, 0.3) is 0 Å². The predicted octanol–water partition coefficient (Wildman–Crippen LogP) is 2.27. The van der Waals surface area contributed by atoms with Crippen LogP contribution in [0.5, 0.6) is 0 Å². The van der Waals surface area contributed by atoms with Crippen LogP contribution in [0, 0.1) is 0 Å². The van der Waals surface area contributed by atoms with Gasteiger partial charge >= 0.3 is 6.18 Å². The molecule has 0 bridgehead atoms. The van der Waals surface area contributed by atoms with Gasteiger partial charge in [-0.15, -0.1) is 0 Å². The summed E-state index contributed by atoms with van der Waals surface area (Å²) in [7, 11) is 0. The minimum atomic E-state index is -4.36. The van der Waals surface area contributed by atoms with Gasteiger partial charge in [0.25, 0.3) is 0 Å². The van der Waals surface area contributed by atoms with E-state index in [4.69, 9.17) is 10.3 Å². The summed E-state index contributed by atoms with van der Waals surface area (Å²) < 4.78 is 45.2. The predicted molar refractivity (Wildman–Crippen MR) is 59.0 cm³/mol. The van der Waals surface area contributed by atoms with Gasteiger partial charge in [0, 0.05) is 0 Å². The number of nitrogens with zero attached hydrogens (tertiary/aromatic N) is 2. The Balaban J connectivity index is 1.91. The lowest BCUT2D eigenvalue weighted by Gasteiger charge is -2.29. The fraction of sp³-hybridized carbons (Fsp3) is 0.818. The highest BCUT2D eigenvalue weighted by molar-refractivity contribution is 5.03. The highest BCUT2D eigenvalue weighted by atomic mass is 19.4. The third-order valence-corrected chi connectivity index (χ3v) is 3.14. The van der Waals surface area contributed by atoms with Gasteiger partial charge in [-0.25, -0.2) is 0 Å². The molecule has 0 aliphatic heterocycles. The van der Waals surface area contributed by atoms with Gasteiger partial charge < -0.3 is 15.0 Å². The van der Waals surface area contributed by atoms with E-state index in [0.29, 0.717) is 0 Å². The molecule has 1 aliphatic rings. The molecule has 5 nitrogen and oxygen atoms in total. The molecular formula is C11H16F3N3O2. The maximum Gasteiger partial charge on any atom is 0.411 e. The number of halogens is 3.